The van der Waals surface area contributed by atoms with Gasteiger partial charge in [0.05, 0.1) is 7.11 Å². The molecular formula is C24H19BrN2O3. The normalized spacial score (nSPS) is 10.8. The highest BCUT2D eigenvalue weighted by Crippen LogP contribution is 2.30. The van der Waals surface area contributed by atoms with Crippen molar-refractivity contribution in [1.82, 2.24) is 0 Å². The van der Waals surface area contributed by atoms with Crippen LogP contribution in [0.3, 0.4) is 0 Å². The molecule has 3 aromatic carbocycles. The summed E-state index contributed by atoms with van der Waals surface area (Å²) in [4.78, 5) is 12.5. The van der Waals surface area contributed by atoms with Gasteiger partial charge in [-0.1, -0.05) is 58.4 Å². The number of carbonyl (C=O) groups is 1. The summed E-state index contributed by atoms with van der Waals surface area (Å²) in [6, 6.07) is 24.2. The summed E-state index contributed by atoms with van der Waals surface area (Å²) >= 11 is 3.35. The van der Waals surface area contributed by atoms with Crippen LogP contribution < -0.4 is 14.8 Å². The van der Waals surface area contributed by atoms with E-state index in [0.717, 1.165) is 10.0 Å². The van der Waals surface area contributed by atoms with Crippen molar-refractivity contribution < 1.29 is 14.3 Å². The summed E-state index contributed by atoms with van der Waals surface area (Å²) in [7, 11) is 1.55. The molecular weight excluding hydrogens is 444 g/mol. The molecule has 0 aliphatic carbocycles. The van der Waals surface area contributed by atoms with Gasteiger partial charge in [-0.15, -0.1) is 0 Å². The van der Waals surface area contributed by atoms with Crippen LogP contribution in [-0.4, -0.2) is 13.0 Å². The fourth-order valence-electron chi connectivity index (χ4n) is 2.71. The molecule has 150 valence electrons. The van der Waals surface area contributed by atoms with Gasteiger partial charge in [-0.25, -0.2) is 0 Å². The van der Waals surface area contributed by atoms with E-state index in [4.69, 9.17) is 9.47 Å². The fraction of sp³-hybridized carbons (Fsp3) is 0.0833. The van der Waals surface area contributed by atoms with Gasteiger partial charge in [0, 0.05) is 10.2 Å². The maximum Gasteiger partial charge on any atom is 0.266 e. The zero-order valence-corrected chi connectivity index (χ0v) is 17.8. The first-order valence-corrected chi connectivity index (χ1v) is 9.92. The van der Waals surface area contributed by atoms with Gasteiger partial charge in [0.2, 0.25) is 0 Å². The largest absolute Gasteiger partial charge is 0.493 e. The van der Waals surface area contributed by atoms with Crippen molar-refractivity contribution >= 4 is 33.6 Å². The van der Waals surface area contributed by atoms with Crippen LogP contribution in [-0.2, 0) is 11.4 Å². The van der Waals surface area contributed by atoms with E-state index in [2.05, 4.69) is 21.2 Å². The Balaban J connectivity index is 1.75. The maximum atomic E-state index is 12.5. The molecule has 0 saturated carbocycles. The van der Waals surface area contributed by atoms with E-state index in [1.54, 1.807) is 43.5 Å². The van der Waals surface area contributed by atoms with Crippen LogP contribution in [0.4, 0.5) is 5.69 Å². The average molecular weight is 463 g/mol. The lowest BCUT2D eigenvalue weighted by Gasteiger charge is -2.11. The monoisotopic (exact) mass is 462 g/mol. The average Bonchev–Trinajstić information content (AvgIpc) is 2.77. The van der Waals surface area contributed by atoms with Gasteiger partial charge >= 0.3 is 0 Å². The Kier molecular flexibility index (Phi) is 7.25. The Morgan fingerprint density at radius 3 is 2.57 bits per heavy atom. The van der Waals surface area contributed by atoms with Crippen LogP contribution in [0.25, 0.3) is 6.08 Å². The van der Waals surface area contributed by atoms with E-state index in [9.17, 15) is 10.1 Å². The third-order valence-corrected chi connectivity index (χ3v) is 4.68. The molecule has 0 heterocycles. The lowest BCUT2D eigenvalue weighted by molar-refractivity contribution is -0.112. The van der Waals surface area contributed by atoms with E-state index in [-0.39, 0.29) is 5.57 Å². The molecule has 0 aromatic heterocycles. The lowest BCUT2D eigenvalue weighted by atomic mass is 10.1. The number of methoxy groups -OCH3 is 1. The highest BCUT2D eigenvalue weighted by Gasteiger charge is 2.11. The number of amides is 1. The molecule has 0 aliphatic heterocycles. The van der Waals surface area contributed by atoms with Crippen molar-refractivity contribution in [1.29, 1.82) is 5.26 Å². The molecule has 5 nitrogen and oxygen atoms in total. The third-order valence-electron chi connectivity index (χ3n) is 4.18. The van der Waals surface area contributed by atoms with Crippen molar-refractivity contribution in [2.24, 2.45) is 0 Å². The third kappa shape index (κ3) is 5.72. The van der Waals surface area contributed by atoms with E-state index in [0.29, 0.717) is 29.4 Å². The SMILES string of the molecule is COc1cc(/C=C(/C#N)C(=O)Nc2cccc(Br)c2)ccc1OCc1ccccc1. The van der Waals surface area contributed by atoms with Gasteiger partial charge in [0.25, 0.3) is 5.91 Å². The molecule has 0 saturated heterocycles. The number of hydrogen-bond donors (Lipinski definition) is 1. The van der Waals surface area contributed by atoms with Crippen LogP contribution >= 0.6 is 15.9 Å². The number of benzene rings is 3. The Labute approximate surface area is 183 Å². The molecule has 1 amide bonds. The van der Waals surface area contributed by atoms with E-state index in [1.165, 1.54) is 6.08 Å². The number of hydrogen-bond acceptors (Lipinski definition) is 4. The summed E-state index contributed by atoms with van der Waals surface area (Å²) in [5.41, 5.74) is 2.27. The van der Waals surface area contributed by atoms with Crippen molar-refractivity contribution in [2.45, 2.75) is 6.61 Å². The molecule has 0 bridgehead atoms. The standard InChI is InChI=1S/C24H19BrN2O3/c1-29-23-13-18(10-11-22(23)30-16-17-6-3-2-4-7-17)12-19(15-26)24(28)27-21-9-5-8-20(25)14-21/h2-14H,16H2,1H3,(H,27,28)/b19-12-. The van der Waals surface area contributed by atoms with Crippen molar-refractivity contribution in [3.8, 4) is 17.6 Å². The first-order chi connectivity index (χ1) is 14.6. The molecule has 0 radical (unpaired) electrons. The Morgan fingerprint density at radius 1 is 1.07 bits per heavy atom. The Bertz CT molecular complexity index is 1100. The maximum absolute atomic E-state index is 12.5. The van der Waals surface area contributed by atoms with Gasteiger partial charge in [-0.2, -0.15) is 5.26 Å². The van der Waals surface area contributed by atoms with Gasteiger partial charge in [0.1, 0.15) is 18.2 Å². The van der Waals surface area contributed by atoms with Crippen LogP contribution in [0.5, 0.6) is 11.5 Å². The molecule has 30 heavy (non-hydrogen) atoms. The second kappa shape index (κ2) is 10.3. The first-order valence-electron chi connectivity index (χ1n) is 9.12. The number of nitrogens with zero attached hydrogens (tertiary/aromatic N) is 1. The van der Waals surface area contributed by atoms with E-state index in [1.807, 2.05) is 42.5 Å². The summed E-state index contributed by atoms with van der Waals surface area (Å²) in [6.45, 7) is 0.408. The van der Waals surface area contributed by atoms with Gasteiger partial charge in [-0.3, -0.25) is 4.79 Å². The molecule has 0 atom stereocenters. The minimum Gasteiger partial charge on any atom is -0.493 e. The van der Waals surface area contributed by atoms with Crippen LogP contribution in [0.2, 0.25) is 0 Å². The van der Waals surface area contributed by atoms with Crippen molar-refractivity contribution in [3.05, 3.63) is 94.0 Å². The number of nitriles is 1. The minimum absolute atomic E-state index is 0.0185. The molecule has 0 fully saturated rings. The first kappa shape index (κ1) is 21.2. The zero-order valence-electron chi connectivity index (χ0n) is 16.3. The van der Waals surface area contributed by atoms with E-state index < -0.39 is 5.91 Å². The predicted octanol–water partition coefficient (Wildman–Crippen LogP) is 5.58. The predicted molar refractivity (Wildman–Crippen MR) is 120 cm³/mol. The number of ether oxygens (including phenoxy) is 2. The van der Waals surface area contributed by atoms with Crippen molar-refractivity contribution in [3.63, 3.8) is 0 Å². The second-order valence-electron chi connectivity index (χ2n) is 6.32. The summed E-state index contributed by atoms with van der Waals surface area (Å²) in [5, 5.41) is 12.2. The number of halogens is 1. The van der Waals surface area contributed by atoms with E-state index >= 15 is 0 Å². The molecule has 3 aromatic rings. The van der Waals surface area contributed by atoms with Crippen LogP contribution in [0.15, 0.2) is 82.8 Å². The highest BCUT2D eigenvalue weighted by atomic mass is 79.9. The fourth-order valence-corrected chi connectivity index (χ4v) is 3.11. The Morgan fingerprint density at radius 2 is 1.87 bits per heavy atom. The number of anilines is 1. The quantitative estimate of drug-likeness (QED) is 0.367. The minimum atomic E-state index is -0.487. The summed E-state index contributed by atoms with van der Waals surface area (Å²) in [5.74, 6) is 0.610. The number of carbonyl (C=O) groups excluding carboxylic acids is 1. The number of rotatable bonds is 7. The molecule has 0 unspecified atom stereocenters. The van der Waals surface area contributed by atoms with Crippen LogP contribution in [0, 0.1) is 11.3 Å². The molecule has 1 N–H and O–H groups in total. The lowest BCUT2D eigenvalue weighted by Crippen LogP contribution is -2.13. The summed E-state index contributed by atoms with van der Waals surface area (Å²) in [6.07, 6.45) is 1.51. The molecule has 0 spiro atoms. The molecule has 3 rings (SSSR count). The Hall–Kier alpha value is -3.56. The number of nitrogens with one attached hydrogen (secondary N) is 1. The zero-order chi connectivity index (χ0) is 21.3. The summed E-state index contributed by atoms with van der Waals surface area (Å²) < 4.78 is 12.1. The smallest absolute Gasteiger partial charge is 0.266 e. The topological polar surface area (TPSA) is 71.3 Å². The van der Waals surface area contributed by atoms with Gasteiger partial charge in [-0.05, 0) is 47.5 Å². The van der Waals surface area contributed by atoms with Gasteiger partial charge < -0.3 is 14.8 Å². The van der Waals surface area contributed by atoms with Gasteiger partial charge in [0.15, 0.2) is 11.5 Å². The van der Waals surface area contributed by atoms with Crippen LogP contribution in [0.1, 0.15) is 11.1 Å². The van der Waals surface area contributed by atoms with Crippen molar-refractivity contribution in [2.75, 3.05) is 12.4 Å². The second-order valence-corrected chi connectivity index (χ2v) is 7.23. The molecule has 6 heteroatoms. The highest BCUT2D eigenvalue weighted by molar-refractivity contribution is 9.10. The molecule has 0 aliphatic rings.